The zero-order valence-electron chi connectivity index (χ0n) is 10.6. The molecule has 2 N–H and O–H groups in total. The summed E-state index contributed by atoms with van der Waals surface area (Å²) in [5, 5.41) is 0. The van der Waals surface area contributed by atoms with E-state index in [9.17, 15) is 0 Å². The first kappa shape index (κ1) is 11.3. The van der Waals surface area contributed by atoms with Crippen molar-refractivity contribution in [1.29, 1.82) is 0 Å². The molecular formula is C16H23N. The minimum atomic E-state index is 0.316. The Kier molecular flexibility index (Phi) is 2.96. The van der Waals surface area contributed by atoms with Crippen LogP contribution in [-0.4, -0.2) is 6.04 Å². The van der Waals surface area contributed by atoms with Crippen LogP contribution in [0.1, 0.15) is 50.5 Å². The first-order valence-electron chi connectivity index (χ1n) is 7.14. The summed E-state index contributed by atoms with van der Waals surface area (Å²) in [4.78, 5) is 0. The first-order valence-corrected chi connectivity index (χ1v) is 7.14. The van der Waals surface area contributed by atoms with Crippen molar-refractivity contribution in [3.8, 4) is 0 Å². The molecule has 1 nitrogen and oxygen atoms in total. The van der Waals surface area contributed by atoms with Gasteiger partial charge in [-0.15, -0.1) is 0 Å². The molecule has 2 aliphatic carbocycles. The Morgan fingerprint density at radius 2 is 1.65 bits per heavy atom. The van der Waals surface area contributed by atoms with Crippen LogP contribution in [0.15, 0.2) is 30.3 Å². The van der Waals surface area contributed by atoms with Crippen LogP contribution in [-0.2, 0) is 5.41 Å². The van der Waals surface area contributed by atoms with E-state index in [1.807, 2.05) is 0 Å². The largest absolute Gasteiger partial charge is 0.327 e. The van der Waals surface area contributed by atoms with Gasteiger partial charge in [0.2, 0.25) is 0 Å². The fourth-order valence-corrected chi connectivity index (χ4v) is 3.91. The molecule has 0 amide bonds. The molecule has 2 aliphatic rings. The summed E-state index contributed by atoms with van der Waals surface area (Å²) in [6, 6.07) is 11.4. The lowest BCUT2D eigenvalue weighted by molar-refractivity contribution is 0.154. The van der Waals surface area contributed by atoms with E-state index in [0.717, 1.165) is 5.92 Å². The summed E-state index contributed by atoms with van der Waals surface area (Å²) in [5.41, 5.74) is 8.46. The number of rotatable bonds is 3. The smallest absolute Gasteiger partial charge is 0.0165 e. The Labute approximate surface area is 104 Å². The topological polar surface area (TPSA) is 26.0 Å². The lowest BCUT2D eigenvalue weighted by atomic mass is 9.57. The number of hydrogen-bond donors (Lipinski definition) is 1. The van der Waals surface area contributed by atoms with Gasteiger partial charge in [0.05, 0.1) is 0 Å². The zero-order valence-corrected chi connectivity index (χ0v) is 10.6. The van der Waals surface area contributed by atoms with Crippen LogP contribution in [0, 0.1) is 5.92 Å². The van der Waals surface area contributed by atoms with E-state index >= 15 is 0 Å². The van der Waals surface area contributed by atoms with E-state index < -0.39 is 0 Å². The van der Waals surface area contributed by atoms with Crippen LogP contribution in [0.4, 0.5) is 0 Å². The average Bonchev–Trinajstić information content (AvgIpc) is 2.82. The molecule has 1 heteroatoms. The fraction of sp³-hybridized carbons (Fsp3) is 0.625. The monoisotopic (exact) mass is 229 g/mol. The second-order valence-electron chi connectivity index (χ2n) is 5.95. The van der Waals surface area contributed by atoms with Gasteiger partial charge in [-0.3, -0.25) is 0 Å². The predicted molar refractivity (Wildman–Crippen MR) is 71.9 cm³/mol. The normalized spacial score (nSPS) is 25.5. The van der Waals surface area contributed by atoms with Crippen molar-refractivity contribution >= 4 is 0 Å². The summed E-state index contributed by atoms with van der Waals surface area (Å²) in [6.07, 6.45) is 9.46. The molecule has 0 aliphatic heterocycles. The Balaban J connectivity index is 1.86. The highest BCUT2D eigenvalue weighted by Gasteiger charge is 2.46. The van der Waals surface area contributed by atoms with Crippen LogP contribution in [0.3, 0.4) is 0 Å². The lowest BCUT2D eigenvalue weighted by Gasteiger charge is -2.49. The van der Waals surface area contributed by atoms with Gasteiger partial charge >= 0.3 is 0 Å². The molecule has 2 saturated carbocycles. The van der Waals surface area contributed by atoms with E-state index in [4.69, 9.17) is 5.73 Å². The van der Waals surface area contributed by atoms with Crippen molar-refractivity contribution in [3.05, 3.63) is 35.9 Å². The van der Waals surface area contributed by atoms with Crippen molar-refractivity contribution in [2.75, 3.05) is 0 Å². The highest BCUT2D eigenvalue weighted by molar-refractivity contribution is 5.31. The summed E-state index contributed by atoms with van der Waals surface area (Å²) < 4.78 is 0. The van der Waals surface area contributed by atoms with Gasteiger partial charge in [-0.2, -0.15) is 0 Å². The lowest BCUT2D eigenvalue weighted by Crippen LogP contribution is -2.53. The molecule has 0 saturated heterocycles. The Bertz CT molecular complexity index is 360. The van der Waals surface area contributed by atoms with Crippen LogP contribution < -0.4 is 5.73 Å². The molecule has 0 aromatic heterocycles. The number of benzene rings is 1. The quantitative estimate of drug-likeness (QED) is 0.841. The standard InChI is InChI=1S/C16H23N/c17-15(13-7-4-5-8-13)16(11-6-12-16)14-9-2-1-3-10-14/h1-3,9-10,13,15H,4-8,11-12,17H2. The Morgan fingerprint density at radius 3 is 2.18 bits per heavy atom. The highest BCUT2D eigenvalue weighted by Crippen LogP contribution is 2.49. The van der Waals surface area contributed by atoms with Crippen LogP contribution in [0.25, 0.3) is 0 Å². The van der Waals surface area contributed by atoms with Crippen molar-refractivity contribution in [1.82, 2.24) is 0 Å². The van der Waals surface area contributed by atoms with Gasteiger partial charge in [0.1, 0.15) is 0 Å². The molecule has 1 unspecified atom stereocenters. The van der Waals surface area contributed by atoms with Gasteiger partial charge in [-0.25, -0.2) is 0 Å². The minimum absolute atomic E-state index is 0.316. The molecule has 3 rings (SSSR count). The van der Waals surface area contributed by atoms with E-state index in [0.29, 0.717) is 11.5 Å². The summed E-state index contributed by atoms with van der Waals surface area (Å²) >= 11 is 0. The second kappa shape index (κ2) is 4.45. The maximum absolute atomic E-state index is 6.65. The van der Waals surface area contributed by atoms with E-state index in [1.165, 1.54) is 50.5 Å². The average molecular weight is 229 g/mol. The Morgan fingerprint density at radius 1 is 1.00 bits per heavy atom. The fourth-order valence-electron chi connectivity index (χ4n) is 3.91. The van der Waals surface area contributed by atoms with Crippen LogP contribution >= 0.6 is 0 Å². The molecule has 1 atom stereocenters. The molecule has 0 heterocycles. The zero-order chi connectivity index (χ0) is 11.7. The van der Waals surface area contributed by atoms with Crippen LogP contribution in [0.2, 0.25) is 0 Å². The van der Waals surface area contributed by atoms with E-state index in [-0.39, 0.29) is 0 Å². The SMILES string of the molecule is NC(C1CCCC1)C1(c2ccccc2)CCC1. The van der Waals surface area contributed by atoms with E-state index in [1.54, 1.807) is 0 Å². The van der Waals surface area contributed by atoms with Gasteiger partial charge < -0.3 is 5.73 Å². The molecule has 2 fully saturated rings. The first-order chi connectivity index (χ1) is 8.33. The maximum Gasteiger partial charge on any atom is 0.0165 e. The van der Waals surface area contributed by atoms with Gasteiger partial charge in [0.25, 0.3) is 0 Å². The van der Waals surface area contributed by atoms with Crippen molar-refractivity contribution in [3.63, 3.8) is 0 Å². The predicted octanol–water partition coefficient (Wildman–Crippen LogP) is 3.63. The van der Waals surface area contributed by atoms with Gasteiger partial charge in [0, 0.05) is 11.5 Å². The van der Waals surface area contributed by atoms with Gasteiger partial charge in [0.15, 0.2) is 0 Å². The molecule has 92 valence electrons. The molecule has 0 bridgehead atoms. The highest BCUT2D eigenvalue weighted by atomic mass is 14.7. The van der Waals surface area contributed by atoms with Crippen molar-refractivity contribution < 1.29 is 0 Å². The molecule has 0 spiro atoms. The Hall–Kier alpha value is -0.820. The third-order valence-electron chi connectivity index (χ3n) is 5.14. The third-order valence-corrected chi connectivity index (χ3v) is 5.14. The second-order valence-corrected chi connectivity index (χ2v) is 5.95. The summed E-state index contributed by atoms with van der Waals surface area (Å²) in [7, 11) is 0. The van der Waals surface area contributed by atoms with Crippen molar-refractivity contribution in [2.45, 2.75) is 56.4 Å². The maximum atomic E-state index is 6.65. The molecule has 1 aromatic rings. The molecule has 17 heavy (non-hydrogen) atoms. The minimum Gasteiger partial charge on any atom is -0.327 e. The summed E-state index contributed by atoms with van der Waals surface area (Å²) in [6.45, 7) is 0. The van der Waals surface area contributed by atoms with Gasteiger partial charge in [-0.1, -0.05) is 49.6 Å². The third kappa shape index (κ3) is 1.81. The van der Waals surface area contributed by atoms with Gasteiger partial charge in [-0.05, 0) is 37.2 Å². The molecule has 1 aromatic carbocycles. The van der Waals surface area contributed by atoms with E-state index in [2.05, 4.69) is 30.3 Å². The molecule has 0 radical (unpaired) electrons. The number of hydrogen-bond acceptors (Lipinski definition) is 1. The summed E-state index contributed by atoms with van der Waals surface area (Å²) in [5.74, 6) is 0.774. The van der Waals surface area contributed by atoms with Crippen LogP contribution in [0.5, 0.6) is 0 Å². The van der Waals surface area contributed by atoms with Crippen molar-refractivity contribution in [2.24, 2.45) is 11.7 Å². The number of nitrogens with two attached hydrogens (primary N) is 1. The molecular weight excluding hydrogens is 206 g/mol.